The Morgan fingerprint density at radius 1 is 1.47 bits per heavy atom. The summed E-state index contributed by atoms with van der Waals surface area (Å²) in [5, 5.41) is 3.38. The maximum absolute atomic E-state index is 12.1. The highest BCUT2D eigenvalue weighted by atomic mass is 35.5. The number of benzene rings is 1. The van der Waals surface area contributed by atoms with E-state index < -0.39 is 0 Å². The zero-order chi connectivity index (χ0) is 13.1. The second kappa shape index (κ2) is 5.41. The van der Waals surface area contributed by atoms with Gasteiger partial charge in [0.2, 0.25) is 0 Å². The number of nitrogen functional groups attached to an aromatic ring is 1. The minimum atomic E-state index is -0.236. The van der Waals surface area contributed by atoms with E-state index in [-0.39, 0.29) is 11.4 Å². The number of nitrogens with one attached hydrogen (secondary N) is 1. The Kier molecular flexibility index (Phi) is 4.40. The van der Waals surface area contributed by atoms with E-state index in [4.69, 9.17) is 17.3 Å². The average molecular weight is 255 g/mol. The van der Waals surface area contributed by atoms with Gasteiger partial charge in [-0.3, -0.25) is 4.79 Å². The lowest BCUT2D eigenvalue weighted by Crippen LogP contribution is -2.43. The van der Waals surface area contributed by atoms with Crippen LogP contribution in [0.1, 0.15) is 44.0 Å². The minimum Gasteiger partial charge on any atom is -0.399 e. The third kappa shape index (κ3) is 3.93. The van der Waals surface area contributed by atoms with Crippen LogP contribution in [-0.4, -0.2) is 11.4 Å². The lowest BCUT2D eigenvalue weighted by molar-refractivity contribution is 0.0909. The molecule has 4 heteroatoms. The second-order valence-electron chi connectivity index (χ2n) is 4.83. The first-order valence-corrected chi connectivity index (χ1v) is 6.11. The number of carbonyl (C=O) groups is 1. The second-order valence-corrected chi connectivity index (χ2v) is 5.23. The van der Waals surface area contributed by atoms with Crippen molar-refractivity contribution in [2.75, 3.05) is 5.73 Å². The topological polar surface area (TPSA) is 55.1 Å². The number of rotatable bonds is 4. The Bertz CT molecular complexity index is 416. The first kappa shape index (κ1) is 13.8. The molecule has 0 saturated heterocycles. The zero-order valence-electron chi connectivity index (χ0n) is 10.5. The molecule has 3 N–H and O–H groups in total. The predicted molar refractivity (Wildman–Crippen MR) is 72.3 cm³/mol. The van der Waals surface area contributed by atoms with Gasteiger partial charge in [0, 0.05) is 11.2 Å². The number of carbonyl (C=O) groups excluding carboxylic acids is 1. The summed E-state index contributed by atoms with van der Waals surface area (Å²) in [6.07, 6.45) is 1.93. The van der Waals surface area contributed by atoms with E-state index in [1.54, 1.807) is 18.2 Å². The van der Waals surface area contributed by atoms with Crippen LogP contribution >= 0.6 is 11.6 Å². The molecular weight excluding hydrogens is 236 g/mol. The van der Waals surface area contributed by atoms with E-state index >= 15 is 0 Å². The molecule has 0 atom stereocenters. The monoisotopic (exact) mass is 254 g/mol. The molecule has 0 bridgehead atoms. The van der Waals surface area contributed by atoms with Crippen molar-refractivity contribution in [3.63, 3.8) is 0 Å². The Morgan fingerprint density at radius 3 is 2.71 bits per heavy atom. The fourth-order valence-electron chi connectivity index (χ4n) is 1.78. The highest BCUT2D eigenvalue weighted by molar-refractivity contribution is 6.34. The molecule has 3 nitrogen and oxygen atoms in total. The lowest BCUT2D eigenvalue weighted by Gasteiger charge is -2.26. The number of anilines is 1. The van der Waals surface area contributed by atoms with E-state index in [1.165, 1.54) is 0 Å². The van der Waals surface area contributed by atoms with Crippen LogP contribution in [0.2, 0.25) is 5.02 Å². The Labute approximate surface area is 107 Å². The van der Waals surface area contributed by atoms with Gasteiger partial charge in [-0.05, 0) is 38.5 Å². The van der Waals surface area contributed by atoms with Crippen molar-refractivity contribution >= 4 is 23.2 Å². The standard InChI is InChI=1S/C13H19ClN2O/c1-4-7-13(2,3)16-12(17)10-8-9(15)5-6-11(10)14/h5-6,8H,4,7,15H2,1-3H3,(H,16,17). The van der Waals surface area contributed by atoms with Crippen LogP contribution in [-0.2, 0) is 0 Å². The maximum atomic E-state index is 12.1. The van der Waals surface area contributed by atoms with Crippen LogP contribution in [0.5, 0.6) is 0 Å². The molecular formula is C13H19ClN2O. The quantitative estimate of drug-likeness (QED) is 0.811. The number of hydrogen-bond acceptors (Lipinski definition) is 2. The molecule has 0 unspecified atom stereocenters. The third-order valence-electron chi connectivity index (χ3n) is 2.56. The molecule has 0 aliphatic carbocycles. The molecule has 0 spiro atoms. The van der Waals surface area contributed by atoms with Crippen LogP contribution < -0.4 is 11.1 Å². The van der Waals surface area contributed by atoms with Gasteiger partial charge in [0.05, 0.1) is 10.6 Å². The molecule has 0 heterocycles. The normalized spacial score (nSPS) is 11.3. The van der Waals surface area contributed by atoms with Gasteiger partial charge in [-0.1, -0.05) is 24.9 Å². The molecule has 1 amide bonds. The molecule has 0 radical (unpaired) electrons. The summed E-state index contributed by atoms with van der Waals surface area (Å²) in [6.45, 7) is 6.07. The van der Waals surface area contributed by atoms with Crippen molar-refractivity contribution in [3.05, 3.63) is 28.8 Å². The molecule has 17 heavy (non-hydrogen) atoms. The van der Waals surface area contributed by atoms with Crippen LogP contribution in [0.25, 0.3) is 0 Å². The van der Waals surface area contributed by atoms with E-state index in [9.17, 15) is 4.79 Å². The van der Waals surface area contributed by atoms with E-state index in [1.807, 2.05) is 13.8 Å². The van der Waals surface area contributed by atoms with Gasteiger partial charge in [-0.15, -0.1) is 0 Å². The van der Waals surface area contributed by atoms with Gasteiger partial charge in [0.25, 0.3) is 5.91 Å². The first-order chi connectivity index (χ1) is 7.85. The summed E-state index contributed by atoms with van der Waals surface area (Å²) in [7, 11) is 0. The number of halogens is 1. The molecule has 0 aromatic heterocycles. The smallest absolute Gasteiger partial charge is 0.253 e. The predicted octanol–water partition coefficient (Wildman–Crippen LogP) is 3.23. The third-order valence-corrected chi connectivity index (χ3v) is 2.89. The molecule has 0 aliphatic heterocycles. The summed E-state index contributed by atoms with van der Waals surface area (Å²) in [4.78, 5) is 12.1. The Morgan fingerprint density at radius 2 is 2.12 bits per heavy atom. The van der Waals surface area contributed by atoms with Crippen LogP contribution in [0.4, 0.5) is 5.69 Å². The van der Waals surface area contributed by atoms with Gasteiger partial charge in [0.15, 0.2) is 0 Å². The number of hydrogen-bond donors (Lipinski definition) is 2. The largest absolute Gasteiger partial charge is 0.399 e. The van der Waals surface area contributed by atoms with E-state index in [2.05, 4.69) is 12.2 Å². The fourth-order valence-corrected chi connectivity index (χ4v) is 1.98. The fraction of sp³-hybridized carbons (Fsp3) is 0.462. The lowest BCUT2D eigenvalue weighted by atomic mass is 9.98. The molecule has 1 aromatic carbocycles. The van der Waals surface area contributed by atoms with Crippen molar-refractivity contribution in [2.24, 2.45) is 0 Å². The molecule has 94 valence electrons. The zero-order valence-corrected chi connectivity index (χ0v) is 11.3. The van der Waals surface area contributed by atoms with Crippen LogP contribution in [0.15, 0.2) is 18.2 Å². The summed E-state index contributed by atoms with van der Waals surface area (Å²) in [6, 6.07) is 4.91. The van der Waals surface area contributed by atoms with Crippen LogP contribution in [0, 0.1) is 0 Å². The Hall–Kier alpha value is -1.22. The van der Waals surface area contributed by atoms with E-state index in [0.29, 0.717) is 16.3 Å². The van der Waals surface area contributed by atoms with Crippen molar-refractivity contribution in [1.29, 1.82) is 0 Å². The van der Waals surface area contributed by atoms with Crippen molar-refractivity contribution < 1.29 is 4.79 Å². The SMILES string of the molecule is CCCC(C)(C)NC(=O)c1cc(N)ccc1Cl. The maximum Gasteiger partial charge on any atom is 0.253 e. The van der Waals surface area contributed by atoms with Crippen molar-refractivity contribution in [2.45, 2.75) is 39.2 Å². The molecule has 1 rings (SSSR count). The van der Waals surface area contributed by atoms with E-state index in [0.717, 1.165) is 12.8 Å². The summed E-state index contributed by atoms with van der Waals surface area (Å²) < 4.78 is 0. The van der Waals surface area contributed by atoms with Crippen molar-refractivity contribution in [1.82, 2.24) is 5.32 Å². The van der Waals surface area contributed by atoms with Crippen LogP contribution in [0.3, 0.4) is 0 Å². The number of nitrogens with two attached hydrogens (primary N) is 1. The average Bonchev–Trinajstić information content (AvgIpc) is 2.20. The van der Waals surface area contributed by atoms with Crippen molar-refractivity contribution in [3.8, 4) is 0 Å². The highest BCUT2D eigenvalue weighted by Crippen LogP contribution is 2.20. The summed E-state index contributed by atoms with van der Waals surface area (Å²) >= 11 is 5.98. The molecule has 0 saturated carbocycles. The summed E-state index contributed by atoms with van der Waals surface area (Å²) in [5.74, 6) is -0.180. The Balaban J connectivity index is 2.86. The van der Waals surface area contributed by atoms with Gasteiger partial charge >= 0.3 is 0 Å². The minimum absolute atomic E-state index is 0.180. The van der Waals surface area contributed by atoms with Gasteiger partial charge in [0.1, 0.15) is 0 Å². The molecule has 0 aliphatic rings. The highest BCUT2D eigenvalue weighted by Gasteiger charge is 2.21. The first-order valence-electron chi connectivity index (χ1n) is 5.73. The molecule has 0 fully saturated rings. The van der Waals surface area contributed by atoms with Gasteiger partial charge in [-0.25, -0.2) is 0 Å². The van der Waals surface area contributed by atoms with Gasteiger partial charge < -0.3 is 11.1 Å². The summed E-state index contributed by atoms with van der Waals surface area (Å²) in [5.41, 5.74) is 6.37. The number of amides is 1. The molecule has 1 aromatic rings. The van der Waals surface area contributed by atoms with Gasteiger partial charge in [-0.2, -0.15) is 0 Å².